The number of aliphatic hydroxyl groups excluding tert-OH is 1. The Labute approximate surface area is 187 Å². The second-order valence-corrected chi connectivity index (χ2v) is 7.99. The van der Waals surface area contributed by atoms with E-state index in [4.69, 9.17) is 0 Å². The molecule has 7 nitrogen and oxygen atoms in total. The fraction of sp³-hybridized carbons (Fsp3) is 0.417. The van der Waals surface area contributed by atoms with Gasteiger partial charge in [0.15, 0.2) is 0 Å². The quantitative estimate of drug-likeness (QED) is 0.637. The molecule has 2 heterocycles. The van der Waals surface area contributed by atoms with Crippen molar-refractivity contribution in [3.05, 3.63) is 80.3 Å². The Morgan fingerprint density at radius 1 is 1.16 bits per heavy atom. The van der Waals surface area contributed by atoms with Crippen LogP contribution in [0.15, 0.2) is 63.5 Å². The van der Waals surface area contributed by atoms with Gasteiger partial charge in [-0.25, -0.2) is 9.18 Å². The Bertz CT molecular complexity index is 1130. The smallest absolute Gasteiger partial charge is 0.332 e. The fourth-order valence-corrected chi connectivity index (χ4v) is 4.27. The van der Waals surface area contributed by atoms with Crippen LogP contribution in [0.25, 0.3) is 0 Å². The lowest BCUT2D eigenvalue weighted by Crippen LogP contribution is -2.43. The van der Waals surface area contributed by atoms with Crippen molar-refractivity contribution in [1.29, 1.82) is 0 Å². The number of halogens is 1. The molecule has 1 unspecified atom stereocenters. The molecule has 1 atom stereocenters. The second-order valence-electron chi connectivity index (χ2n) is 7.99. The first-order chi connectivity index (χ1) is 15.3. The maximum Gasteiger partial charge on any atom is 0.332 e. The average molecular weight is 443 g/mol. The highest BCUT2D eigenvalue weighted by atomic mass is 19.1. The molecule has 32 heavy (non-hydrogen) atoms. The molecule has 172 valence electrons. The third-order valence-electron chi connectivity index (χ3n) is 5.78. The summed E-state index contributed by atoms with van der Waals surface area (Å²) in [7, 11) is 3.50. The first kappa shape index (κ1) is 23.5. The summed E-state index contributed by atoms with van der Waals surface area (Å²) in [4.78, 5) is 30.4. The van der Waals surface area contributed by atoms with E-state index in [0.29, 0.717) is 30.9 Å². The molecule has 1 aromatic carbocycles. The Hall–Kier alpha value is -3.13. The van der Waals surface area contributed by atoms with Gasteiger partial charge in [0.2, 0.25) is 0 Å². The maximum absolute atomic E-state index is 13.5. The molecule has 1 aromatic heterocycles. The van der Waals surface area contributed by atoms with Crippen LogP contribution in [0.1, 0.15) is 32.3 Å². The summed E-state index contributed by atoms with van der Waals surface area (Å²) in [5.74, 6) is 0.226. The van der Waals surface area contributed by atoms with Gasteiger partial charge in [0.05, 0.1) is 5.83 Å². The molecule has 0 saturated heterocycles. The predicted molar refractivity (Wildman–Crippen MR) is 126 cm³/mol. The van der Waals surface area contributed by atoms with Crippen LogP contribution in [0.5, 0.6) is 0 Å². The third kappa shape index (κ3) is 4.41. The van der Waals surface area contributed by atoms with Gasteiger partial charge in [-0.05, 0) is 37.0 Å². The number of benzene rings is 1. The molecular formula is C24H31FN4O3. The summed E-state index contributed by atoms with van der Waals surface area (Å²) in [5, 5.41) is 9.23. The summed E-state index contributed by atoms with van der Waals surface area (Å²) in [6, 6.07) is 9.79. The summed E-state index contributed by atoms with van der Waals surface area (Å²) in [6.07, 6.45) is 3.78. The van der Waals surface area contributed by atoms with E-state index in [0.717, 1.165) is 11.1 Å². The zero-order valence-corrected chi connectivity index (χ0v) is 19.1. The fourth-order valence-electron chi connectivity index (χ4n) is 4.27. The summed E-state index contributed by atoms with van der Waals surface area (Å²) < 4.78 is 16.2. The van der Waals surface area contributed by atoms with Crippen molar-refractivity contribution < 1.29 is 9.50 Å². The van der Waals surface area contributed by atoms with Crippen LogP contribution in [-0.4, -0.2) is 34.1 Å². The van der Waals surface area contributed by atoms with E-state index >= 15 is 0 Å². The zero-order valence-electron chi connectivity index (χ0n) is 19.1. The summed E-state index contributed by atoms with van der Waals surface area (Å²) in [5.41, 5.74) is 1.57. The molecule has 1 aliphatic heterocycles. The minimum absolute atomic E-state index is 0.111. The normalized spacial score (nSPS) is 16.6. The summed E-state index contributed by atoms with van der Waals surface area (Å²) >= 11 is 0. The third-order valence-corrected chi connectivity index (χ3v) is 5.78. The molecule has 0 radical (unpaired) electrons. The van der Waals surface area contributed by atoms with E-state index in [2.05, 4.69) is 0 Å². The average Bonchev–Trinajstić information content (AvgIpc) is 3.05. The molecule has 8 heteroatoms. The number of likely N-dealkylation sites (N-methyl/N-ethyl adjacent to an activating group) is 1. The standard InChI is InChI=1S/C24H31FN4O3/c1-5-19(13-12-17(2)25)21-26(3)22-20(29(21)16-18-10-7-6-8-11-18)23(31)28(14-9-15-30)24(32)27(22)4/h6-8,10-13,21,30H,5,9,14-16H2,1-4H3/b17-12+,19-13+. The molecule has 3 rings (SSSR count). The van der Waals surface area contributed by atoms with Crippen molar-refractivity contribution in [1.82, 2.24) is 9.13 Å². The number of aromatic nitrogens is 2. The summed E-state index contributed by atoms with van der Waals surface area (Å²) in [6.45, 7) is 3.86. The number of allylic oxidation sites excluding steroid dienone is 3. The maximum atomic E-state index is 13.5. The largest absolute Gasteiger partial charge is 0.396 e. The number of fused-ring (bicyclic) bond motifs is 1. The Morgan fingerprint density at radius 3 is 2.44 bits per heavy atom. The van der Waals surface area contributed by atoms with Crippen molar-refractivity contribution >= 4 is 11.5 Å². The lowest BCUT2D eigenvalue weighted by atomic mass is 10.1. The van der Waals surface area contributed by atoms with Crippen molar-refractivity contribution in [2.45, 2.75) is 45.9 Å². The number of hydrogen-bond acceptors (Lipinski definition) is 5. The van der Waals surface area contributed by atoms with Crippen molar-refractivity contribution in [3.63, 3.8) is 0 Å². The minimum Gasteiger partial charge on any atom is -0.396 e. The van der Waals surface area contributed by atoms with Crippen LogP contribution in [0.4, 0.5) is 15.9 Å². The van der Waals surface area contributed by atoms with Gasteiger partial charge in [-0.1, -0.05) is 43.3 Å². The number of nitrogens with zero attached hydrogens (tertiary/aromatic N) is 4. The second kappa shape index (κ2) is 9.99. The SMILES string of the molecule is CC/C(=C\C=C(/C)F)C1N(C)c2c(c(=O)n(CCCO)c(=O)n2C)N1Cc1ccccc1. The van der Waals surface area contributed by atoms with Gasteiger partial charge >= 0.3 is 5.69 Å². The van der Waals surface area contributed by atoms with Gasteiger partial charge < -0.3 is 14.9 Å². The van der Waals surface area contributed by atoms with E-state index in [1.54, 1.807) is 13.1 Å². The Kier molecular flexibility index (Phi) is 7.35. The lowest BCUT2D eigenvalue weighted by molar-refractivity contribution is 0.277. The lowest BCUT2D eigenvalue weighted by Gasteiger charge is -2.32. The predicted octanol–water partition coefficient (Wildman–Crippen LogP) is 2.92. The zero-order chi connectivity index (χ0) is 23.4. The van der Waals surface area contributed by atoms with Gasteiger partial charge in [0.1, 0.15) is 17.7 Å². The van der Waals surface area contributed by atoms with E-state index in [-0.39, 0.29) is 30.7 Å². The van der Waals surface area contributed by atoms with Crippen LogP contribution in [0.3, 0.4) is 0 Å². The molecular weight excluding hydrogens is 411 g/mol. The van der Waals surface area contributed by atoms with Gasteiger partial charge in [0, 0.05) is 33.8 Å². The molecule has 0 amide bonds. The van der Waals surface area contributed by atoms with E-state index in [1.807, 2.05) is 54.1 Å². The van der Waals surface area contributed by atoms with Crippen LogP contribution >= 0.6 is 0 Å². The van der Waals surface area contributed by atoms with Crippen molar-refractivity contribution in [2.75, 3.05) is 23.5 Å². The molecule has 0 fully saturated rings. The molecule has 0 saturated carbocycles. The van der Waals surface area contributed by atoms with Gasteiger partial charge in [0.25, 0.3) is 5.56 Å². The first-order valence-corrected chi connectivity index (χ1v) is 10.8. The molecule has 0 aliphatic carbocycles. The minimum atomic E-state index is -0.420. The van der Waals surface area contributed by atoms with E-state index in [9.17, 15) is 19.1 Å². The molecule has 1 aliphatic rings. The van der Waals surface area contributed by atoms with Gasteiger partial charge in [-0.3, -0.25) is 13.9 Å². The van der Waals surface area contributed by atoms with Crippen LogP contribution in [-0.2, 0) is 20.1 Å². The first-order valence-electron chi connectivity index (χ1n) is 10.8. The van der Waals surface area contributed by atoms with Crippen molar-refractivity contribution in [3.8, 4) is 0 Å². The molecule has 1 N–H and O–H groups in total. The molecule has 0 bridgehead atoms. The molecule has 0 spiro atoms. The van der Waals surface area contributed by atoms with Gasteiger partial charge in [-0.15, -0.1) is 0 Å². The highest BCUT2D eigenvalue weighted by molar-refractivity contribution is 5.75. The number of anilines is 2. The van der Waals surface area contributed by atoms with Crippen molar-refractivity contribution in [2.24, 2.45) is 7.05 Å². The topological polar surface area (TPSA) is 70.7 Å². The van der Waals surface area contributed by atoms with Crippen LogP contribution < -0.4 is 21.0 Å². The highest BCUT2D eigenvalue weighted by Gasteiger charge is 2.40. The van der Waals surface area contributed by atoms with E-state index < -0.39 is 5.69 Å². The monoisotopic (exact) mass is 442 g/mol. The highest BCUT2D eigenvalue weighted by Crippen LogP contribution is 2.39. The Balaban J connectivity index is 2.24. The number of hydrogen-bond donors (Lipinski definition) is 1. The molecule has 2 aromatic rings. The van der Waals surface area contributed by atoms with Gasteiger partial charge in [-0.2, -0.15) is 0 Å². The van der Waals surface area contributed by atoms with Crippen LogP contribution in [0, 0.1) is 0 Å². The number of aliphatic hydroxyl groups is 1. The van der Waals surface area contributed by atoms with Crippen LogP contribution in [0.2, 0.25) is 0 Å². The number of rotatable bonds is 8. The Morgan fingerprint density at radius 2 is 1.84 bits per heavy atom. The van der Waals surface area contributed by atoms with E-state index in [1.165, 1.54) is 22.1 Å².